The van der Waals surface area contributed by atoms with E-state index < -0.39 is 0 Å². The molecule has 0 radical (unpaired) electrons. The Bertz CT molecular complexity index is 1780. The fraction of sp³-hybridized carbons (Fsp3) is 0. The van der Waals surface area contributed by atoms with Crippen LogP contribution in [0.1, 0.15) is 0 Å². The van der Waals surface area contributed by atoms with E-state index in [0.29, 0.717) is 23.6 Å². The van der Waals surface area contributed by atoms with E-state index in [-0.39, 0.29) is 0 Å². The van der Waals surface area contributed by atoms with Gasteiger partial charge in [-0.1, -0.05) is 42.5 Å². The molecule has 190 valence electrons. The Labute approximate surface area is 229 Å². The first kappa shape index (κ1) is 23.4. The molecule has 0 aliphatic heterocycles. The second-order valence-corrected chi connectivity index (χ2v) is 9.04. The number of aromatic nitrogens is 6. The van der Waals surface area contributed by atoms with Gasteiger partial charge in [0.15, 0.2) is 0 Å². The molecule has 0 unspecified atom stereocenters. The highest BCUT2D eigenvalue weighted by atomic mass is 16.4. The molecule has 0 saturated carbocycles. The van der Waals surface area contributed by atoms with E-state index in [4.69, 9.17) is 8.83 Å². The summed E-state index contributed by atoms with van der Waals surface area (Å²) in [5, 5.41) is 16.9. The Kier molecular flexibility index (Phi) is 5.95. The minimum atomic E-state index is 0.457. The average molecular weight is 521 g/mol. The molecule has 0 bridgehead atoms. The van der Waals surface area contributed by atoms with Gasteiger partial charge in [-0.25, -0.2) is 0 Å². The van der Waals surface area contributed by atoms with Crippen LogP contribution in [0.15, 0.2) is 131 Å². The summed E-state index contributed by atoms with van der Waals surface area (Å²) in [6.45, 7) is 0. The van der Waals surface area contributed by atoms with Gasteiger partial charge < -0.3 is 8.83 Å². The molecular weight excluding hydrogens is 500 g/mol. The minimum absolute atomic E-state index is 0.457. The summed E-state index contributed by atoms with van der Waals surface area (Å²) in [4.78, 5) is 8.08. The summed E-state index contributed by atoms with van der Waals surface area (Å²) in [5.74, 6) is 1.84. The lowest BCUT2D eigenvalue weighted by atomic mass is 9.97. The van der Waals surface area contributed by atoms with Crippen LogP contribution in [0.3, 0.4) is 0 Å². The third-order valence-corrected chi connectivity index (χ3v) is 6.45. The smallest absolute Gasteiger partial charge is 0.248 e. The first-order valence-electron chi connectivity index (χ1n) is 12.6. The second-order valence-electron chi connectivity index (χ2n) is 9.04. The third-order valence-electron chi connectivity index (χ3n) is 6.45. The molecule has 8 nitrogen and oxygen atoms in total. The normalized spacial score (nSPS) is 11.0. The van der Waals surface area contributed by atoms with Crippen LogP contribution in [0.25, 0.3) is 68.1 Å². The maximum absolute atomic E-state index is 5.95. The predicted octanol–water partition coefficient (Wildman–Crippen LogP) is 7.24. The van der Waals surface area contributed by atoms with Crippen molar-refractivity contribution in [3.8, 4) is 68.1 Å². The van der Waals surface area contributed by atoms with E-state index in [0.717, 1.165) is 44.5 Å². The van der Waals surface area contributed by atoms with Crippen molar-refractivity contribution in [1.82, 2.24) is 30.4 Å². The molecular formula is C32H20N6O2. The van der Waals surface area contributed by atoms with E-state index in [9.17, 15) is 0 Å². The van der Waals surface area contributed by atoms with Gasteiger partial charge in [0.2, 0.25) is 23.6 Å². The van der Waals surface area contributed by atoms with Crippen LogP contribution in [-0.2, 0) is 0 Å². The lowest BCUT2D eigenvalue weighted by Gasteiger charge is -2.08. The second kappa shape index (κ2) is 10.2. The quantitative estimate of drug-likeness (QED) is 0.226. The van der Waals surface area contributed by atoms with Crippen molar-refractivity contribution in [2.45, 2.75) is 0 Å². The van der Waals surface area contributed by atoms with Gasteiger partial charge in [0.1, 0.15) is 0 Å². The zero-order chi connectivity index (χ0) is 26.7. The van der Waals surface area contributed by atoms with Crippen molar-refractivity contribution >= 4 is 0 Å². The molecule has 0 N–H and O–H groups in total. The van der Waals surface area contributed by atoms with Crippen molar-refractivity contribution in [3.63, 3.8) is 0 Å². The van der Waals surface area contributed by atoms with E-state index >= 15 is 0 Å². The monoisotopic (exact) mass is 520 g/mol. The maximum Gasteiger partial charge on any atom is 0.248 e. The molecule has 0 atom stereocenters. The molecule has 0 saturated heterocycles. The topological polar surface area (TPSA) is 104 Å². The summed E-state index contributed by atoms with van der Waals surface area (Å²) in [6, 6.07) is 31.9. The van der Waals surface area contributed by atoms with Crippen molar-refractivity contribution in [3.05, 3.63) is 122 Å². The maximum atomic E-state index is 5.95. The van der Waals surface area contributed by atoms with Gasteiger partial charge in [0.25, 0.3) is 0 Å². The molecule has 0 fully saturated rings. The Morgan fingerprint density at radius 3 is 1.00 bits per heavy atom. The Hall–Kier alpha value is -5.76. The van der Waals surface area contributed by atoms with Crippen LogP contribution in [0.2, 0.25) is 0 Å². The fourth-order valence-corrected chi connectivity index (χ4v) is 4.44. The molecule has 3 aromatic carbocycles. The molecule has 8 heteroatoms. The highest BCUT2D eigenvalue weighted by Crippen LogP contribution is 2.32. The largest absolute Gasteiger partial charge is 0.416 e. The van der Waals surface area contributed by atoms with Crippen LogP contribution in [0, 0.1) is 0 Å². The summed E-state index contributed by atoms with van der Waals surface area (Å²) in [5.41, 5.74) is 7.56. The van der Waals surface area contributed by atoms with Gasteiger partial charge >= 0.3 is 0 Å². The third kappa shape index (κ3) is 4.65. The highest BCUT2D eigenvalue weighted by Gasteiger charge is 2.13. The summed E-state index contributed by atoms with van der Waals surface area (Å²) < 4.78 is 11.9. The van der Waals surface area contributed by atoms with Gasteiger partial charge in [-0.15, -0.1) is 20.4 Å². The molecule has 4 heterocycles. The lowest BCUT2D eigenvalue weighted by molar-refractivity contribution is 0.584. The number of hydrogen-bond donors (Lipinski definition) is 0. The van der Waals surface area contributed by atoms with E-state index in [1.807, 2.05) is 54.6 Å². The fourth-order valence-electron chi connectivity index (χ4n) is 4.44. The first-order valence-corrected chi connectivity index (χ1v) is 12.6. The molecule has 0 spiro atoms. The molecule has 40 heavy (non-hydrogen) atoms. The van der Waals surface area contributed by atoms with Crippen LogP contribution in [0.4, 0.5) is 0 Å². The van der Waals surface area contributed by atoms with E-state index in [2.05, 4.69) is 72.8 Å². The number of rotatable bonds is 6. The summed E-state index contributed by atoms with van der Waals surface area (Å²) in [7, 11) is 0. The standard InChI is InChI=1S/C32H20N6O2/c1-4-23(25-6-2-8-27(19-25)31-37-35-29(39-31)21-10-14-33-15-11-21)18-24(5-1)26-7-3-9-28(20-26)32-38-36-30(40-32)22-12-16-34-17-13-22/h1-20H. The van der Waals surface area contributed by atoms with E-state index in [1.165, 1.54) is 0 Å². The molecule has 7 rings (SSSR count). The molecule has 0 amide bonds. The minimum Gasteiger partial charge on any atom is -0.416 e. The van der Waals surface area contributed by atoms with Crippen LogP contribution in [0.5, 0.6) is 0 Å². The molecule has 0 aliphatic carbocycles. The highest BCUT2D eigenvalue weighted by molar-refractivity contribution is 5.77. The van der Waals surface area contributed by atoms with Gasteiger partial charge in [0, 0.05) is 47.0 Å². The van der Waals surface area contributed by atoms with Gasteiger partial charge in [-0.2, -0.15) is 0 Å². The van der Waals surface area contributed by atoms with Gasteiger partial charge in [-0.05, 0) is 76.9 Å². The Balaban J connectivity index is 1.17. The van der Waals surface area contributed by atoms with Crippen molar-refractivity contribution in [2.75, 3.05) is 0 Å². The van der Waals surface area contributed by atoms with Gasteiger partial charge in [-0.3, -0.25) is 9.97 Å². The molecule has 7 aromatic rings. The zero-order valence-electron chi connectivity index (χ0n) is 21.0. The van der Waals surface area contributed by atoms with Crippen molar-refractivity contribution < 1.29 is 8.83 Å². The van der Waals surface area contributed by atoms with Crippen LogP contribution >= 0.6 is 0 Å². The summed E-state index contributed by atoms with van der Waals surface area (Å²) >= 11 is 0. The number of benzene rings is 3. The van der Waals surface area contributed by atoms with Crippen molar-refractivity contribution in [1.29, 1.82) is 0 Å². The molecule has 0 aliphatic rings. The number of nitrogens with zero attached hydrogens (tertiary/aromatic N) is 6. The Morgan fingerprint density at radius 1 is 0.325 bits per heavy atom. The predicted molar refractivity (Wildman–Crippen MR) is 150 cm³/mol. The van der Waals surface area contributed by atoms with Crippen molar-refractivity contribution in [2.24, 2.45) is 0 Å². The SMILES string of the molecule is c1cc(-c2cccc(-c3nnc(-c4ccncc4)o3)c2)cc(-c2cccc(-c3nnc(-c4ccncc4)o3)c2)c1. The number of hydrogen-bond acceptors (Lipinski definition) is 8. The average Bonchev–Trinajstić information content (AvgIpc) is 3.74. The lowest BCUT2D eigenvalue weighted by Crippen LogP contribution is -1.85. The van der Waals surface area contributed by atoms with Crippen LogP contribution < -0.4 is 0 Å². The number of pyridine rings is 2. The van der Waals surface area contributed by atoms with E-state index in [1.54, 1.807) is 24.8 Å². The zero-order valence-corrected chi connectivity index (χ0v) is 21.0. The first-order chi connectivity index (χ1) is 19.8. The Morgan fingerprint density at radius 2 is 0.625 bits per heavy atom. The van der Waals surface area contributed by atoms with Crippen LogP contribution in [-0.4, -0.2) is 30.4 Å². The molecule has 4 aromatic heterocycles. The van der Waals surface area contributed by atoms with Gasteiger partial charge in [0.05, 0.1) is 0 Å². The summed E-state index contributed by atoms with van der Waals surface area (Å²) in [6.07, 6.45) is 6.80.